The van der Waals surface area contributed by atoms with Gasteiger partial charge in [-0.2, -0.15) is 13.2 Å². The highest BCUT2D eigenvalue weighted by Crippen LogP contribution is 2.31. The second kappa shape index (κ2) is 8.74. The molecule has 0 fully saturated rings. The number of aliphatic hydroxyl groups excluding tert-OH is 1. The molecular weight excluding hydrogens is 383 g/mol. The summed E-state index contributed by atoms with van der Waals surface area (Å²) in [5.74, 6) is -0.671. The van der Waals surface area contributed by atoms with Crippen molar-refractivity contribution in [1.29, 1.82) is 0 Å². The number of carbonyl (C=O) groups is 1. The van der Waals surface area contributed by atoms with Crippen molar-refractivity contribution in [3.05, 3.63) is 62.9 Å². The molecule has 1 amide bonds. The van der Waals surface area contributed by atoms with E-state index in [0.29, 0.717) is 0 Å². The minimum absolute atomic E-state index is 0.0723. The molecule has 1 unspecified atom stereocenters. The van der Waals surface area contributed by atoms with Crippen LogP contribution in [0, 0.1) is 0 Å². The van der Waals surface area contributed by atoms with Crippen molar-refractivity contribution in [3.8, 4) is 5.75 Å². The molecule has 1 aromatic heterocycles. The minimum atomic E-state index is -4.51. The van der Waals surface area contributed by atoms with E-state index in [9.17, 15) is 32.7 Å². The first-order valence-corrected chi connectivity index (χ1v) is 8.09. The number of alkyl halides is 3. The van der Waals surface area contributed by atoms with Gasteiger partial charge in [0.25, 0.3) is 5.56 Å². The maximum absolute atomic E-state index is 12.6. The number of benzene rings is 1. The lowest BCUT2D eigenvalue weighted by molar-refractivity contribution is -0.137. The van der Waals surface area contributed by atoms with Crippen LogP contribution in [0.5, 0.6) is 5.75 Å². The second-order valence-electron chi connectivity index (χ2n) is 5.92. The lowest BCUT2D eigenvalue weighted by atomic mass is 10.2. The van der Waals surface area contributed by atoms with Gasteiger partial charge in [0.2, 0.25) is 5.91 Å². The van der Waals surface area contributed by atoms with Gasteiger partial charge in [-0.05, 0) is 18.2 Å². The van der Waals surface area contributed by atoms with Gasteiger partial charge in [0.1, 0.15) is 25.0 Å². The van der Waals surface area contributed by atoms with Crippen LogP contribution in [0.1, 0.15) is 5.56 Å². The summed E-state index contributed by atoms with van der Waals surface area (Å²) >= 11 is 0. The van der Waals surface area contributed by atoms with Crippen molar-refractivity contribution in [2.75, 3.05) is 13.2 Å². The maximum atomic E-state index is 12.6. The number of halogens is 3. The van der Waals surface area contributed by atoms with Crippen molar-refractivity contribution in [2.45, 2.75) is 18.8 Å². The summed E-state index contributed by atoms with van der Waals surface area (Å²) in [7, 11) is 1.27. The topological polar surface area (TPSA) is 103 Å². The van der Waals surface area contributed by atoms with Crippen LogP contribution in [0.2, 0.25) is 0 Å². The standard InChI is InChI=1S/C17H18F3N3O5/c1-22-15(26)5-6-23(16(22)27)9-14(25)21-8-12(24)10-28-13-4-2-3-11(7-13)17(18,19)20/h2-7,12,24H,8-10H2,1H3,(H,21,25). The Balaban J connectivity index is 1.83. The normalized spacial score (nSPS) is 12.5. The highest BCUT2D eigenvalue weighted by Gasteiger charge is 2.30. The molecule has 1 atom stereocenters. The Morgan fingerprint density at radius 2 is 2.00 bits per heavy atom. The number of amides is 1. The summed E-state index contributed by atoms with van der Waals surface area (Å²) in [4.78, 5) is 35.0. The average Bonchev–Trinajstić information content (AvgIpc) is 2.65. The highest BCUT2D eigenvalue weighted by atomic mass is 19.4. The number of hydrogen-bond acceptors (Lipinski definition) is 5. The van der Waals surface area contributed by atoms with Crippen LogP contribution in [-0.2, 0) is 24.6 Å². The molecule has 152 valence electrons. The van der Waals surface area contributed by atoms with E-state index in [4.69, 9.17) is 4.74 Å². The van der Waals surface area contributed by atoms with Crippen molar-refractivity contribution >= 4 is 5.91 Å². The molecule has 2 aromatic rings. The molecule has 0 saturated carbocycles. The molecule has 0 aliphatic rings. The smallest absolute Gasteiger partial charge is 0.416 e. The number of aromatic nitrogens is 2. The zero-order valence-corrected chi connectivity index (χ0v) is 14.8. The Hall–Kier alpha value is -3.08. The fourth-order valence-electron chi connectivity index (χ4n) is 2.19. The van der Waals surface area contributed by atoms with Gasteiger partial charge in [-0.25, -0.2) is 4.79 Å². The second-order valence-corrected chi connectivity index (χ2v) is 5.92. The van der Waals surface area contributed by atoms with E-state index in [1.54, 1.807) is 0 Å². The molecule has 1 aromatic carbocycles. The van der Waals surface area contributed by atoms with Crippen LogP contribution in [0.25, 0.3) is 0 Å². The number of carbonyl (C=O) groups excluding carboxylic acids is 1. The number of ether oxygens (including phenoxy) is 1. The van der Waals surface area contributed by atoms with Crippen LogP contribution in [0.3, 0.4) is 0 Å². The summed E-state index contributed by atoms with van der Waals surface area (Å²) in [6, 6.07) is 5.32. The molecular formula is C17H18F3N3O5. The lowest BCUT2D eigenvalue weighted by Gasteiger charge is -2.15. The van der Waals surface area contributed by atoms with Gasteiger partial charge in [-0.15, -0.1) is 0 Å². The summed E-state index contributed by atoms with van der Waals surface area (Å²) in [5.41, 5.74) is -2.06. The molecule has 1 heterocycles. The van der Waals surface area contributed by atoms with Gasteiger partial charge in [0.05, 0.1) is 5.56 Å². The van der Waals surface area contributed by atoms with Crippen molar-refractivity contribution < 1.29 is 27.8 Å². The van der Waals surface area contributed by atoms with Crippen LogP contribution in [0.4, 0.5) is 13.2 Å². The van der Waals surface area contributed by atoms with Gasteiger partial charge >= 0.3 is 11.9 Å². The molecule has 0 spiro atoms. The molecule has 11 heteroatoms. The largest absolute Gasteiger partial charge is 0.491 e. The molecule has 8 nitrogen and oxygen atoms in total. The Morgan fingerprint density at radius 1 is 1.29 bits per heavy atom. The molecule has 28 heavy (non-hydrogen) atoms. The van der Waals surface area contributed by atoms with Crippen LogP contribution >= 0.6 is 0 Å². The summed E-state index contributed by atoms with van der Waals surface area (Å²) < 4.78 is 44.9. The van der Waals surface area contributed by atoms with E-state index >= 15 is 0 Å². The van der Waals surface area contributed by atoms with Gasteiger partial charge in [-0.1, -0.05) is 6.07 Å². The lowest BCUT2D eigenvalue weighted by Crippen LogP contribution is -2.42. The zero-order valence-electron chi connectivity index (χ0n) is 14.8. The maximum Gasteiger partial charge on any atom is 0.416 e. The Kier molecular flexibility index (Phi) is 6.62. The third-order valence-corrected chi connectivity index (χ3v) is 3.71. The van der Waals surface area contributed by atoms with E-state index < -0.39 is 35.0 Å². The number of nitrogens with one attached hydrogen (secondary N) is 1. The predicted octanol–water partition coefficient (Wildman–Crippen LogP) is 0.122. The quantitative estimate of drug-likeness (QED) is 0.686. The average molecular weight is 401 g/mol. The number of hydrogen-bond donors (Lipinski definition) is 2. The van der Waals surface area contributed by atoms with E-state index in [-0.39, 0.29) is 25.4 Å². The van der Waals surface area contributed by atoms with Crippen LogP contribution in [0.15, 0.2) is 46.1 Å². The molecule has 0 radical (unpaired) electrons. The van der Waals surface area contributed by atoms with Gasteiger partial charge in [-0.3, -0.25) is 18.7 Å². The molecule has 0 aliphatic carbocycles. The molecule has 0 bridgehead atoms. The number of aliphatic hydroxyl groups is 1. The fraction of sp³-hybridized carbons (Fsp3) is 0.353. The van der Waals surface area contributed by atoms with Crippen molar-refractivity contribution in [3.63, 3.8) is 0 Å². The van der Waals surface area contributed by atoms with Crippen LogP contribution in [-0.4, -0.2) is 39.4 Å². The first-order valence-electron chi connectivity index (χ1n) is 8.09. The molecule has 2 N–H and O–H groups in total. The van der Waals surface area contributed by atoms with Gasteiger partial charge in [0.15, 0.2) is 0 Å². The number of rotatable bonds is 7. The SMILES string of the molecule is Cn1c(=O)ccn(CC(=O)NCC(O)COc2cccc(C(F)(F)F)c2)c1=O. The Labute approximate surface area is 156 Å². The molecule has 0 aliphatic heterocycles. The van der Waals surface area contributed by atoms with Gasteiger partial charge < -0.3 is 15.2 Å². The molecule has 0 saturated heterocycles. The van der Waals surface area contributed by atoms with Crippen molar-refractivity contribution in [2.24, 2.45) is 7.05 Å². The Bertz CT molecular complexity index is 952. The summed E-state index contributed by atoms with van der Waals surface area (Å²) in [6.07, 6.45) is -4.52. The third-order valence-electron chi connectivity index (χ3n) is 3.71. The monoisotopic (exact) mass is 401 g/mol. The van der Waals surface area contributed by atoms with Gasteiger partial charge in [0, 0.05) is 25.9 Å². The Morgan fingerprint density at radius 3 is 2.68 bits per heavy atom. The third kappa shape index (κ3) is 5.71. The summed E-state index contributed by atoms with van der Waals surface area (Å²) in [5, 5.41) is 12.2. The zero-order chi connectivity index (χ0) is 20.9. The van der Waals surface area contributed by atoms with Crippen LogP contribution < -0.4 is 21.3 Å². The first-order chi connectivity index (χ1) is 13.1. The molecule has 2 rings (SSSR count). The predicted molar refractivity (Wildman–Crippen MR) is 91.9 cm³/mol. The van der Waals surface area contributed by atoms with E-state index in [1.165, 1.54) is 25.4 Å². The van der Waals surface area contributed by atoms with E-state index in [1.807, 2.05) is 0 Å². The van der Waals surface area contributed by atoms with E-state index in [0.717, 1.165) is 27.3 Å². The number of nitrogens with zero attached hydrogens (tertiary/aromatic N) is 2. The fourth-order valence-corrected chi connectivity index (χ4v) is 2.19. The van der Waals surface area contributed by atoms with Crippen molar-refractivity contribution in [1.82, 2.24) is 14.5 Å². The van der Waals surface area contributed by atoms with E-state index in [2.05, 4.69) is 5.32 Å². The summed E-state index contributed by atoms with van der Waals surface area (Å²) in [6.45, 7) is -0.951. The minimum Gasteiger partial charge on any atom is -0.491 e. The highest BCUT2D eigenvalue weighted by molar-refractivity contribution is 5.75. The first kappa shape index (κ1) is 21.2.